The Morgan fingerprint density at radius 1 is 0.386 bits per heavy atom. The number of hydrogen-bond donors (Lipinski definition) is 1. The smallest absolute Gasteiger partial charge is 0.0541 e. The molecular formula is C55H40N2. The Hall–Kier alpha value is -7.16. The lowest BCUT2D eigenvalue weighted by Crippen LogP contribution is -2.14. The van der Waals surface area contributed by atoms with E-state index in [1.54, 1.807) is 0 Å². The van der Waals surface area contributed by atoms with Crippen LogP contribution >= 0.6 is 0 Å². The predicted molar refractivity (Wildman–Crippen MR) is 242 cm³/mol. The molecule has 0 atom stereocenters. The molecule has 1 aromatic heterocycles. The van der Waals surface area contributed by atoms with Crippen molar-refractivity contribution >= 4 is 44.0 Å². The molecule has 270 valence electrons. The van der Waals surface area contributed by atoms with E-state index in [1.807, 2.05) is 0 Å². The van der Waals surface area contributed by atoms with Crippen LogP contribution in [0.3, 0.4) is 0 Å². The Morgan fingerprint density at radius 2 is 1.04 bits per heavy atom. The molecule has 0 saturated carbocycles. The summed E-state index contributed by atoms with van der Waals surface area (Å²) >= 11 is 0. The third kappa shape index (κ3) is 5.48. The Kier molecular flexibility index (Phi) is 7.55. The Bertz CT molecular complexity index is 3170. The molecule has 0 bridgehead atoms. The summed E-state index contributed by atoms with van der Waals surface area (Å²) in [6.07, 6.45) is 0. The van der Waals surface area contributed by atoms with Gasteiger partial charge in [-0.05, 0) is 122 Å². The quantitative estimate of drug-likeness (QED) is 0.180. The van der Waals surface area contributed by atoms with Crippen molar-refractivity contribution in [1.82, 2.24) is 4.57 Å². The molecule has 0 spiro atoms. The van der Waals surface area contributed by atoms with Crippen LogP contribution in [-0.4, -0.2) is 4.57 Å². The topological polar surface area (TPSA) is 17.0 Å². The molecule has 2 heteroatoms. The first-order chi connectivity index (χ1) is 28.0. The number of nitrogens with zero attached hydrogens (tertiary/aromatic N) is 1. The van der Waals surface area contributed by atoms with Crippen LogP contribution in [-0.2, 0) is 5.41 Å². The molecular weight excluding hydrogens is 689 g/mol. The molecule has 1 aliphatic carbocycles. The van der Waals surface area contributed by atoms with Crippen molar-refractivity contribution in [1.29, 1.82) is 0 Å². The van der Waals surface area contributed by atoms with Gasteiger partial charge in [-0.25, -0.2) is 0 Å². The molecule has 9 aromatic carbocycles. The van der Waals surface area contributed by atoms with E-state index in [0.29, 0.717) is 0 Å². The predicted octanol–water partition coefficient (Wildman–Crippen LogP) is 15.0. The van der Waals surface area contributed by atoms with Gasteiger partial charge in [-0.15, -0.1) is 0 Å². The molecule has 0 amide bonds. The largest absolute Gasteiger partial charge is 0.355 e. The van der Waals surface area contributed by atoms with E-state index in [9.17, 15) is 0 Å². The number of rotatable bonds is 6. The maximum atomic E-state index is 3.83. The fraction of sp³-hybridized carbons (Fsp3) is 0.0545. The average molecular weight is 729 g/mol. The average Bonchev–Trinajstić information content (AvgIpc) is 3.72. The summed E-state index contributed by atoms with van der Waals surface area (Å²) in [6.45, 7) is 4.71. The lowest BCUT2D eigenvalue weighted by atomic mass is 9.81. The fourth-order valence-electron chi connectivity index (χ4n) is 9.23. The summed E-state index contributed by atoms with van der Waals surface area (Å²) in [5.74, 6) is 0. The standard InChI is InChI=1S/C55H40N2/c1-55(2)50-18-10-8-16-45(50)46-29-23-42(35-51(46)55)48-33-40(24-30-52(48)56-43-26-20-37-14-6-7-15-39(37)32-43)41-25-31-54-49(34-41)47-17-9-11-19-53(47)57(54)44-27-21-38(22-28-44)36-12-4-3-5-13-36/h3-35,56H,1-2H3. The van der Waals surface area contributed by atoms with Crippen molar-refractivity contribution in [2.45, 2.75) is 19.3 Å². The van der Waals surface area contributed by atoms with Gasteiger partial charge in [0.1, 0.15) is 0 Å². The molecule has 57 heavy (non-hydrogen) atoms. The van der Waals surface area contributed by atoms with Crippen LogP contribution in [0.4, 0.5) is 11.4 Å². The molecule has 0 aliphatic heterocycles. The second-order valence-corrected chi connectivity index (χ2v) is 15.9. The number of anilines is 2. The normalized spacial score (nSPS) is 12.9. The first-order valence-corrected chi connectivity index (χ1v) is 19.8. The van der Waals surface area contributed by atoms with Crippen LogP contribution in [0.2, 0.25) is 0 Å². The van der Waals surface area contributed by atoms with Crippen molar-refractivity contribution in [3.05, 3.63) is 211 Å². The maximum absolute atomic E-state index is 3.83. The Balaban J connectivity index is 1.04. The molecule has 1 aliphatic rings. The van der Waals surface area contributed by atoms with Gasteiger partial charge >= 0.3 is 0 Å². The van der Waals surface area contributed by atoms with Crippen molar-refractivity contribution in [2.75, 3.05) is 5.32 Å². The highest BCUT2D eigenvalue weighted by Gasteiger charge is 2.35. The van der Waals surface area contributed by atoms with Crippen LogP contribution in [0, 0.1) is 0 Å². The maximum Gasteiger partial charge on any atom is 0.0541 e. The lowest BCUT2D eigenvalue weighted by Gasteiger charge is -2.22. The van der Waals surface area contributed by atoms with Gasteiger partial charge in [0.05, 0.1) is 11.0 Å². The van der Waals surface area contributed by atoms with Gasteiger partial charge in [-0.3, -0.25) is 0 Å². The number of para-hydroxylation sites is 1. The second-order valence-electron chi connectivity index (χ2n) is 15.9. The van der Waals surface area contributed by atoms with E-state index in [4.69, 9.17) is 0 Å². The van der Waals surface area contributed by atoms with Gasteiger partial charge in [0.15, 0.2) is 0 Å². The molecule has 0 radical (unpaired) electrons. The van der Waals surface area contributed by atoms with E-state index in [0.717, 1.165) is 17.1 Å². The van der Waals surface area contributed by atoms with E-state index in [2.05, 4.69) is 224 Å². The van der Waals surface area contributed by atoms with Crippen LogP contribution < -0.4 is 5.32 Å². The molecule has 11 rings (SSSR count). The summed E-state index contributed by atoms with van der Waals surface area (Å²) in [5, 5.41) is 8.78. The monoisotopic (exact) mass is 728 g/mol. The van der Waals surface area contributed by atoms with Gasteiger partial charge in [0.2, 0.25) is 0 Å². The third-order valence-corrected chi connectivity index (χ3v) is 12.2. The molecule has 0 fully saturated rings. The SMILES string of the molecule is CC1(C)c2ccccc2-c2ccc(-c3cc(-c4ccc5c(c4)c4ccccc4n5-c4ccc(-c5ccccc5)cc4)ccc3Nc3ccc4ccccc4c3)cc21. The van der Waals surface area contributed by atoms with E-state index < -0.39 is 0 Å². The van der Waals surface area contributed by atoms with Gasteiger partial charge in [-0.1, -0.05) is 153 Å². The minimum absolute atomic E-state index is 0.0907. The van der Waals surface area contributed by atoms with Crippen LogP contribution in [0.25, 0.3) is 82.8 Å². The zero-order chi connectivity index (χ0) is 38.1. The van der Waals surface area contributed by atoms with Crippen molar-refractivity contribution < 1.29 is 0 Å². The molecule has 0 saturated heterocycles. The van der Waals surface area contributed by atoms with Gasteiger partial charge in [0.25, 0.3) is 0 Å². The number of aromatic nitrogens is 1. The van der Waals surface area contributed by atoms with E-state index >= 15 is 0 Å². The zero-order valence-electron chi connectivity index (χ0n) is 32.0. The summed E-state index contributed by atoms with van der Waals surface area (Å²) in [5.41, 5.74) is 18.2. The number of benzene rings is 9. The first-order valence-electron chi connectivity index (χ1n) is 19.8. The fourth-order valence-corrected chi connectivity index (χ4v) is 9.23. The first kappa shape index (κ1) is 33.2. The highest BCUT2D eigenvalue weighted by molar-refractivity contribution is 6.10. The van der Waals surface area contributed by atoms with Gasteiger partial charge in [0, 0.05) is 38.8 Å². The molecule has 1 heterocycles. The lowest BCUT2D eigenvalue weighted by molar-refractivity contribution is 0.660. The molecule has 0 unspecified atom stereocenters. The third-order valence-electron chi connectivity index (χ3n) is 12.2. The minimum Gasteiger partial charge on any atom is -0.355 e. The minimum atomic E-state index is -0.0907. The number of hydrogen-bond acceptors (Lipinski definition) is 1. The molecule has 1 N–H and O–H groups in total. The second kappa shape index (κ2) is 13.0. The molecule has 10 aromatic rings. The highest BCUT2D eigenvalue weighted by atomic mass is 15.0. The number of nitrogens with one attached hydrogen (secondary N) is 1. The van der Waals surface area contributed by atoms with E-state index in [1.165, 1.54) is 88.2 Å². The summed E-state index contributed by atoms with van der Waals surface area (Å²) < 4.78 is 2.40. The number of fused-ring (bicyclic) bond motifs is 7. The van der Waals surface area contributed by atoms with Crippen LogP contribution in [0.5, 0.6) is 0 Å². The van der Waals surface area contributed by atoms with Crippen molar-refractivity contribution in [2.24, 2.45) is 0 Å². The van der Waals surface area contributed by atoms with Crippen molar-refractivity contribution in [3.63, 3.8) is 0 Å². The summed E-state index contributed by atoms with van der Waals surface area (Å²) in [7, 11) is 0. The zero-order valence-corrected chi connectivity index (χ0v) is 32.0. The van der Waals surface area contributed by atoms with Crippen LogP contribution in [0.1, 0.15) is 25.0 Å². The Labute approximate surface area is 333 Å². The Morgan fingerprint density at radius 3 is 1.91 bits per heavy atom. The summed E-state index contributed by atoms with van der Waals surface area (Å²) in [6, 6.07) is 73.3. The van der Waals surface area contributed by atoms with Crippen LogP contribution in [0.15, 0.2) is 200 Å². The van der Waals surface area contributed by atoms with E-state index in [-0.39, 0.29) is 5.41 Å². The van der Waals surface area contributed by atoms with Gasteiger partial charge in [-0.2, -0.15) is 0 Å². The molecule has 2 nitrogen and oxygen atoms in total. The van der Waals surface area contributed by atoms with Gasteiger partial charge < -0.3 is 9.88 Å². The highest BCUT2D eigenvalue weighted by Crippen LogP contribution is 2.50. The summed E-state index contributed by atoms with van der Waals surface area (Å²) in [4.78, 5) is 0. The van der Waals surface area contributed by atoms with Crippen molar-refractivity contribution in [3.8, 4) is 50.2 Å².